The number of anilines is 1. The fourth-order valence-corrected chi connectivity index (χ4v) is 3.14. The number of hydrogen-bond donors (Lipinski definition) is 1. The molecular weight excluding hydrogens is 357 g/mol. The number of rotatable bonds is 3. The van der Waals surface area contributed by atoms with E-state index in [4.69, 9.17) is 17.3 Å². The Morgan fingerprint density at radius 2 is 2.22 bits per heavy atom. The molecule has 0 atom stereocenters. The zero-order valence-electron chi connectivity index (χ0n) is 9.19. The molecule has 2 rings (SSSR count). The lowest BCUT2D eigenvalue weighted by Crippen LogP contribution is -3.00. The van der Waals surface area contributed by atoms with Gasteiger partial charge in [0.25, 0.3) is 0 Å². The number of thioether (sulfide) groups is 1. The van der Waals surface area contributed by atoms with E-state index in [9.17, 15) is 0 Å². The third kappa shape index (κ3) is 4.02. The summed E-state index contributed by atoms with van der Waals surface area (Å²) in [7, 11) is 0. The van der Waals surface area contributed by atoms with Crippen LogP contribution in [0.25, 0.3) is 0 Å². The maximum absolute atomic E-state index is 5.88. The summed E-state index contributed by atoms with van der Waals surface area (Å²) in [4.78, 5) is 5.14. The lowest BCUT2D eigenvalue weighted by Gasteiger charge is -2.05. The molecule has 0 aliphatic carbocycles. The van der Waals surface area contributed by atoms with E-state index in [1.807, 2.05) is 35.0 Å². The van der Waals surface area contributed by atoms with E-state index in [2.05, 4.69) is 20.9 Å². The van der Waals surface area contributed by atoms with Gasteiger partial charge in [0.05, 0.1) is 6.20 Å². The smallest absolute Gasteiger partial charge is 0.389 e. The number of benzene rings is 1. The number of nitrogens with two attached hydrogens (primary N) is 1. The molecule has 0 amide bonds. The Balaban J connectivity index is 0.00000162. The van der Waals surface area contributed by atoms with Crippen LogP contribution >= 0.6 is 39.3 Å². The fourth-order valence-electron chi connectivity index (χ4n) is 1.25. The largest absolute Gasteiger partial charge is 1.00 e. The van der Waals surface area contributed by atoms with Crippen LogP contribution in [0.3, 0.4) is 0 Å². The van der Waals surface area contributed by atoms with Gasteiger partial charge in [-0.2, -0.15) is 0 Å². The quantitative estimate of drug-likeness (QED) is 0.619. The first-order valence-corrected chi connectivity index (χ1v) is 7.00. The number of nitrogens with zero attached hydrogens (tertiary/aromatic N) is 2. The minimum Gasteiger partial charge on any atom is -1.00 e. The molecule has 0 aliphatic rings. The average molecular weight is 367 g/mol. The minimum absolute atomic E-state index is 0. The Bertz CT molecular complexity index is 539. The second-order valence-electron chi connectivity index (χ2n) is 3.30. The van der Waals surface area contributed by atoms with Crippen molar-refractivity contribution in [2.24, 2.45) is 0 Å². The van der Waals surface area contributed by atoms with Gasteiger partial charge >= 0.3 is 5.95 Å². The van der Waals surface area contributed by atoms with Crippen molar-refractivity contribution < 1.29 is 17.0 Å². The summed E-state index contributed by atoms with van der Waals surface area (Å²) >= 11 is 11.0. The third-order valence-corrected chi connectivity index (χ3v) is 4.33. The molecule has 3 nitrogen and oxygen atoms in total. The van der Waals surface area contributed by atoms with Crippen molar-refractivity contribution in [2.45, 2.75) is 10.8 Å². The van der Waals surface area contributed by atoms with Crippen molar-refractivity contribution in [3.63, 3.8) is 0 Å². The van der Waals surface area contributed by atoms with Gasteiger partial charge in [-0.3, -0.25) is 5.73 Å². The molecule has 18 heavy (non-hydrogen) atoms. The van der Waals surface area contributed by atoms with Gasteiger partial charge in [-0.1, -0.05) is 28.3 Å². The molecule has 0 spiro atoms. The van der Waals surface area contributed by atoms with Crippen LogP contribution in [0.4, 0.5) is 5.95 Å². The Morgan fingerprint density at radius 3 is 2.89 bits per heavy atom. The first-order chi connectivity index (χ1) is 8.16. The zero-order chi connectivity index (χ0) is 12.3. The molecule has 0 radical (unpaired) electrons. The van der Waals surface area contributed by atoms with Crippen LogP contribution in [0.2, 0.25) is 5.02 Å². The summed E-state index contributed by atoms with van der Waals surface area (Å²) in [6, 6.07) is 7.57. The molecule has 1 aromatic carbocycles. The highest BCUT2D eigenvalue weighted by atomic mass is 79.9. The van der Waals surface area contributed by atoms with Crippen LogP contribution in [0.15, 0.2) is 46.0 Å². The Hall–Kier alpha value is -0.490. The van der Waals surface area contributed by atoms with E-state index in [1.54, 1.807) is 18.0 Å². The summed E-state index contributed by atoms with van der Waals surface area (Å²) in [5.74, 6) is 1.21. The molecule has 2 aromatic rings. The molecule has 0 saturated heterocycles. The van der Waals surface area contributed by atoms with Gasteiger partial charge < -0.3 is 12.4 Å². The molecule has 1 heterocycles. The van der Waals surface area contributed by atoms with E-state index < -0.39 is 0 Å². The average Bonchev–Trinajstić information content (AvgIpc) is 2.30. The lowest BCUT2D eigenvalue weighted by atomic mass is 10.4. The van der Waals surface area contributed by atoms with Crippen LogP contribution in [-0.4, -0.2) is 4.98 Å². The van der Waals surface area contributed by atoms with E-state index in [0.717, 1.165) is 14.4 Å². The maximum Gasteiger partial charge on any atom is 0.389 e. The van der Waals surface area contributed by atoms with Crippen molar-refractivity contribution in [1.82, 2.24) is 4.98 Å². The molecule has 1 aromatic heterocycles. The van der Waals surface area contributed by atoms with E-state index >= 15 is 0 Å². The topological polar surface area (TPSA) is 42.8 Å². The first-order valence-electron chi connectivity index (χ1n) is 4.84. The molecule has 7 heteroatoms. The van der Waals surface area contributed by atoms with Crippen LogP contribution in [0, 0.1) is 0 Å². The summed E-state index contributed by atoms with van der Waals surface area (Å²) in [6.45, 7) is 0. The fraction of sp³-hybridized carbons (Fsp3) is 0.0909. The molecule has 0 saturated carbocycles. The van der Waals surface area contributed by atoms with Crippen molar-refractivity contribution in [2.75, 3.05) is 5.73 Å². The van der Waals surface area contributed by atoms with Crippen LogP contribution in [0.1, 0.15) is 0 Å². The highest BCUT2D eigenvalue weighted by Crippen LogP contribution is 2.29. The van der Waals surface area contributed by atoms with Gasteiger partial charge in [0.2, 0.25) is 0 Å². The standard InChI is InChI=1S/C11H9BrClN3S.ClH/c12-9-6-8(13)2-3-10(9)17-7-16-5-1-4-15-11(16)14;/h1-6,14H,7H2;1H. The summed E-state index contributed by atoms with van der Waals surface area (Å²) in [6.07, 6.45) is 3.58. The highest BCUT2D eigenvalue weighted by Gasteiger charge is 2.07. The van der Waals surface area contributed by atoms with E-state index in [0.29, 0.717) is 11.8 Å². The van der Waals surface area contributed by atoms with Crippen molar-refractivity contribution >= 4 is 45.2 Å². The summed E-state index contributed by atoms with van der Waals surface area (Å²) in [5.41, 5.74) is 5.75. The molecule has 2 N–H and O–H groups in total. The Labute approximate surface area is 129 Å². The molecule has 0 bridgehead atoms. The molecular formula is C11H10BrCl2N3S. The highest BCUT2D eigenvalue weighted by molar-refractivity contribution is 9.10. The maximum atomic E-state index is 5.88. The molecule has 0 fully saturated rings. The van der Waals surface area contributed by atoms with Gasteiger partial charge in [0, 0.05) is 20.5 Å². The van der Waals surface area contributed by atoms with E-state index in [-0.39, 0.29) is 12.4 Å². The predicted octanol–water partition coefficient (Wildman–Crippen LogP) is 0.121. The monoisotopic (exact) mass is 365 g/mol. The van der Waals surface area contributed by atoms with Gasteiger partial charge in [-0.25, -0.2) is 4.57 Å². The van der Waals surface area contributed by atoms with Gasteiger partial charge in [-0.05, 0) is 34.1 Å². The first kappa shape index (κ1) is 15.6. The van der Waals surface area contributed by atoms with Crippen molar-refractivity contribution in [1.29, 1.82) is 0 Å². The zero-order valence-corrected chi connectivity index (χ0v) is 13.1. The van der Waals surface area contributed by atoms with Gasteiger partial charge in [0.15, 0.2) is 0 Å². The number of halogens is 3. The minimum atomic E-state index is 0. The van der Waals surface area contributed by atoms with Crippen molar-refractivity contribution in [3.05, 3.63) is 46.2 Å². The molecule has 0 aliphatic heterocycles. The Kier molecular flexibility index (Phi) is 6.21. The van der Waals surface area contributed by atoms with Gasteiger partial charge in [0.1, 0.15) is 12.1 Å². The normalized spacial score (nSPS) is 9.89. The van der Waals surface area contributed by atoms with E-state index in [1.165, 1.54) is 0 Å². The third-order valence-electron chi connectivity index (χ3n) is 2.11. The second kappa shape index (κ2) is 7.19. The van der Waals surface area contributed by atoms with Crippen LogP contribution in [-0.2, 0) is 5.88 Å². The SMILES string of the molecule is Nc1nccc[n+]1CSc1ccc(Cl)cc1Br.[Cl-]. The molecule has 0 unspecified atom stereocenters. The number of hydrogen-bond acceptors (Lipinski definition) is 3. The molecule has 96 valence electrons. The van der Waals surface area contributed by atoms with Crippen molar-refractivity contribution in [3.8, 4) is 0 Å². The van der Waals surface area contributed by atoms with Crippen LogP contribution < -0.4 is 22.7 Å². The van der Waals surface area contributed by atoms with Crippen LogP contribution in [0.5, 0.6) is 0 Å². The Morgan fingerprint density at radius 1 is 1.44 bits per heavy atom. The lowest BCUT2D eigenvalue weighted by molar-refractivity contribution is -0.663. The summed E-state index contributed by atoms with van der Waals surface area (Å²) in [5, 5.41) is 0.717. The number of nitrogen functional groups attached to an aromatic ring is 1. The van der Waals surface area contributed by atoms with Gasteiger partial charge in [-0.15, -0.1) is 0 Å². The number of aromatic nitrogens is 2. The summed E-state index contributed by atoms with van der Waals surface area (Å²) < 4.78 is 2.86. The predicted molar refractivity (Wildman–Crippen MR) is 73.9 cm³/mol. The second-order valence-corrected chi connectivity index (χ2v) is 5.57.